The van der Waals surface area contributed by atoms with Crippen LogP contribution in [0.15, 0.2) is 6.20 Å². The Morgan fingerprint density at radius 2 is 1.72 bits per heavy atom. The van der Waals surface area contributed by atoms with Crippen LogP contribution in [0.2, 0.25) is 0 Å². The Labute approximate surface area is 114 Å². The largest absolute Gasteiger partial charge is 0.270 e. The van der Waals surface area contributed by atoms with Crippen LogP contribution in [0.1, 0.15) is 79.1 Å². The molecule has 18 heavy (non-hydrogen) atoms. The fourth-order valence-electron chi connectivity index (χ4n) is 2.15. The minimum Gasteiger partial charge on any atom is -0.270 e. The average Bonchev–Trinajstić information content (AvgIpc) is 2.76. The van der Waals surface area contributed by atoms with Gasteiger partial charge in [-0.25, -0.2) is 0 Å². The average molecular weight is 252 g/mol. The number of nitrogens with zero attached hydrogens (tertiary/aromatic N) is 2. The van der Waals surface area contributed by atoms with Gasteiger partial charge in [0.15, 0.2) is 0 Å². The van der Waals surface area contributed by atoms with Crippen molar-refractivity contribution in [3.8, 4) is 0 Å². The van der Waals surface area contributed by atoms with Crippen LogP contribution in [0.3, 0.4) is 0 Å². The van der Waals surface area contributed by atoms with Crippen LogP contribution >= 0.6 is 0 Å². The Bertz CT molecular complexity index is 335. The van der Waals surface area contributed by atoms with Gasteiger partial charge in [0.2, 0.25) is 0 Å². The number of hydrogen-bond acceptors (Lipinski definition) is 1. The first-order valence-electron chi connectivity index (χ1n) is 7.55. The van der Waals surface area contributed by atoms with E-state index in [9.17, 15) is 0 Å². The van der Waals surface area contributed by atoms with Gasteiger partial charge in [-0.1, -0.05) is 41.5 Å². The Hall–Kier alpha value is -0.790. The molecule has 0 radical (unpaired) electrons. The molecule has 106 valence electrons. The van der Waals surface area contributed by atoms with Crippen molar-refractivity contribution in [3.63, 3.8) is 0 Å². The van der Waals surface area contributed by atoms with Crippen molar-refractivity contribution in [1.82, 2.24) is 9.78 Å². The number of hydrogen-bond donors (Lipinski definition) is 0. The van der Waals surface area contributed by atoms with Crippen molar-refractivity contribution >= 4 is 0 Å². The Morgan fingerprint density at radius 3 is 2.22 bits per heavy atom. The van der Waals surface area contributed by atoms with Gasteiger partial charge in [-0.3, -0.25) is 4.68 Å². The maximum Gasteiger partial charge on any atom is 0.0657 e. The fraction of sp³-hybridized carbons (Fsp3) is 0.812. The van der Waals surface area contributed by atoms with E-state index in [4.69, 9.17) is 0 Å². The molecule has 0 N–H and O–H groups in total. The summed E-state index contributed by atoms with van der Waals surface area (Å²) >= 11 is 0. The molecule has 1 aromatic heterocycles. The van der Waals surface area contributed by atoms with Crippen molar-refractivity contribution in [3.05, 3.63) is 17.5 Å². The second-order valence-electron chi connectivity index (χ2n) is 5.52. The topological polar surface area (TPSA) is 17.8 Å². The molecule has 1 aromatic rings. The summed E-state index contributed by atoms with van der Waals surface area (Å²) < 4.78 is 2.10. The van der Waals surface area contributed by atoms with Crippen molar-refractivity contribution in [2.75, 3.05) is 0 Å². The normalized spacial score (nSPS) is 16.1. The van der Waals surface area contributed by atoms with Crippen molar-refractivity contribution in [1.29, 1.82) is 0 Å². The summed E-state index contributed by atoms with van der Waals surface area (Å²) in [6.07, 6.45) is 5.85. The molecule has 0 bridgehead atoms. The van der Waals surface area contributed by atoms with Crippen LogP contribution in [0, 0.1) is 5.41 Å². The third kappa shape index (κ3) is 4.47. The van der Waals surface area contributed by atoms with E-state index >= 15 is 0 Å². The smallest absolute Gasteiger partial charge is 0.0657 e. The van der Waals surface area contributed by atoms with Crippen molar-refractivity contribution in [2.24, 2.45) is 5.41 Å². The quantitative estimate of drug-likeness (QED) is 0.685. The van der Waals surface area contributed by atoms with E-state index in [0.29, 0.717) is 11.5 Å². The molecular formula is C16H32N2. The number of fused-ring (bicyclic) bond motifs is 1. The van der Waals surface area contributed by atoms with Crippen LogP contribution in [0.25, 0.3) is 0 Å². The predicted molar refractivity (Wildman–Crippen MR) is 81.1 cm³/mol. The SMILES string of the molecule is CC.CC.CC(C)n1cc2c(n1)CCC(C)(C)C2. The molecule has 0 amide bonds. The highest BCUT2D eigenvalue weighted by Gasteiger charge is 2.27. The van der Waals surface area contributed by atoms with Gasteiger partial charge in [-0.2, -0.15) is 5.10 Å². The summed E-state index contributed by atoms with van der Waals surface area (Å²) in [6, 6.07) is 0.490. The second-order valence-corrected chi connectivity index (χ2v) is 5.52. The zero-order valence-electron chi connectivity index (χ0n) is 13.7. The monoisotopic (exact) mass is 252 g/mol. The summed E-state index contributed by atoms with van der Waals surface area (Å²) in [4.78, 5) is 0. The molecule has 0 saturated heterocycles. The van der Waals surface area contributed by atoms with Crippen molar-refractivity contribution in [2.45, 2.75) is 80.7 Å². The summed E-state index contributed by atoms with van der Waals surface area (Å²) in [5, 5.41) is 4.63. The molecule has 1 aliphatic carbocycles. The molecule has 0 saturated carbocycles. The van der Waals surface area contributed by atoms with E-state index in [2.05, 4.69) is 43.7 Å². The van der Waals surface area contributed by atoms with E-state index < -0.39 is 0 Å². The van der Waals surface area contributed by atoms with E-state index in [0.717, 1.165) is 6.42 Å². The molecule has 1 aliphatic rings. The lowest BCUT2D eigenvalue weighted by molar-refractivity contribution is 0.314. The van der Waals surface area contributed by atoms with Crippen LogP contribution < -0.4 is 0 Å². The van der Waals surface area contributed by atoms with Gasteiger partial charge in [0.25, 0.3) is 0 Å². The third-order valence-electron chi connectivity index (χ3n) is 3.13. The summed E-state index contributed by atoms with van der Waals surface area (Å²) in [7, 11) is 0. The highest BCUT2D eigenvalue weighted by molar-refractivity contribution is 5.22. The first-order valence-corrected chi connectivity index (χ1v) is 7.55. The van der Waals surface area contributed by atoms with Crippen LogP contribution in [-0.4, -0.2) is 9.78 Å². The molecule has 2 rings (SSSR count). The van der Waals surface area contributed by atoms with E-state index in [1.807, 2.05) is 27.7 Å². The lowest BCUT2D eigenvalue weighted by atomic mass is 9.77. The lowest BCUT2D eigenvalue weighted by Gasteiger charge is -2.28. The maximum atomic E-state index is 4.63. The lowest BCUT2D eigenvalue weighted by Crippen LogP contribution is -2.21. The summed E-state index contributed by atoms with van der Waals surface area (Å²) in [6.45, 7) is 17.1. The molecule has 0 unspecified atom stereocenters. The highest BCUT2D eigenvalue weighted by atomic mass is 15.3. The van der Waals surface area contributed by atoms with Gasteiger partial charge in [0.05, 0.1) is 5.69 Å². The Morgan fingerprint density at radius 1 is 1.17 bits per heavy atom. The third-order valence-corrected chi connectivity index (χ3v) is 3.13. The number of aromatic nitrogens is 2. The van der Waals surface area contributed by atoms with E-state index in [1.165, 1.54) is 24.1 Å². The molecule has 0 aliphatic heterocycles. The second kappa shape index (κ2) is 7.60. The zero-order chi connectivity index (χ0) is 14.3. The highest BCUT2D eigenvalue weighted by Crippen LogP contribution is 2.34. The predicted octanol–water partition coefficient (Wildman–Crippen LogP) is 5.03. The molecule has 2 heteroatoms. The molecular weight excluding hydrogens is 220 g/mol. The van der Waals surface area contributed by atoms with Crippen LogP contribution in [-0.2, 0) is 12.8 Å². The Balaban J connectivity index is 0.000000659. The van der Waals surface area contributed by atoms with E-state index in [-0.39, 0.29) is 0 Å². The summed E-state index contributed by atoms with van der Waals surface area (Å²) in [5.41, 5.74) is 3.27. The van der Waals surface area contributed by atoms with Crippen LogP contribution in [0.5, 0.6) is 0 Å². The molecule has 1 heterocycles. The summed E-state index contributed by atoms with van der Waals surface area (Å²) in [5.74, 6) is 0. The molecule has 0 atom stereocenters. The first kappa shape index (κ1) is 17.2. The standard InChI is InChI=1S/C12H20N2.2C2H6/c1-9(2)14-8-10-7-12(3,4)6-5-11(10)13-14;2*1-2/h8-9H,5-7H2,1-4H3;2*1-2H3. The van der Waals surface area contributed by atoms with Crippen LogP contribution in [0.4, 0.5) is 0 Å². The molecule has 0 spiro atoms. The molecule has 0 fully saturated rings. The van der Waals surface area contributed by atoms with Gasteiger partial charge in [-0.15, -0.1) is 0 Å². The van der Waals surface area contributed by atoms with E-state index in [1.54, 1.807) is 0 Å². The minimum atomic E-state index is 0.470. The maximum absolute atomic E-state index is 4.63. The minimum absolute atomic E-state index is 0.470. The Kier molecular flexibility index (Phi) is 7.27. The van der Waals surface area contributed by atoms with Gasteiger partial charge >= 0.3 is 0 Å². The van der Waals surface area contributed by atoms with Gasteiger partial charge in [-0.05, 0) is 44.1 Å². The van der Waals surface area contributed by atoms with Crippen molar-refractivity contribution < 1.29 is 0 Å². The fourth-order valence-corrected chi connectivity index (χ4v) is 2.15. The zero-order valence-corrected chi connectivity index (χ0v) is 13.7. The van der Waals surface area contributed by atoms with Gasteiger partial charge < -0.3 is 0 Å². The molecule has 2 nitrogen and oxygen atoms in total. The first-order chi connectivity index (χ1) is 8.48. The number of aryl methyl sites for hydroxylation is 1. The number of rotatable bonds is 1. The van der Waals surface area contributed by atoms with Gasteiger partial charge in [0, 0.05) is 12.2 Å². The molecule has 0 aromatic carbocycles. The van der Waals surface area contributed by atoms with Gasteiger partial charge in [0.1, 0.15) is 0 Å².